The second kappa shape index (κ2) is 17.5. The predicted molar refractivity (Wildman–Crippen MR) is 235 cm³/mol. The van der Waals surface area contributed by atoms with E-state index in [-0.39, 0.29) is 50.0 Å². The van der Waals surface area contributed by atoms with Crippen LogP contribution in [0.2, 0.25) is 0 Å². The molecule has 0 spiro atoms. The maximum absolute atomic E-state index is 15.0. The molecule has 2 saturated heterocycles. The van der Waals surface area contributed by atoms with Gasteiger partial charge in [-0.05, 0) is 107 Å². The topological polar surface area (TPSA) is 162 Å². The number of sulfonamides is 1. The quantitative estimate of drug-likeness (QED) is 0.189. The van der Waals surface area contributed by atoms with Crippen molar-refractivity contribution in [2.75, 3.05) is 32.8 Å². The third-order valence-electron chi connectivity index (χ3n) is 14.7. The number of nitrogens with one attached hydrogen (secondary N) is 1. The predicted octanol–water partition coefficient (Wildman–Crippen LogP) is 6.70. The summed E-state index contributed by atoms with van der Waals surface area (Å²) in [6.45, 7) is 14.7. The number of amides is 2. The molecule has 3 aliphatic carbocycles. The van der Waals surface area contributed by atoms with Crippen LogP contribution in [-0.4, -0.2) is 103 Å². The van der Waals surface area contributed by atoms with E-state index in [9.17, 15) is 27.6 Å². The van der Waals surface area contributed by atoms with Gasteiger partial charge in [0.15, 0.2) is 5.78 Å². The Morgan fingerprint density at radius 1 is 1.03 bits per heavy atom. The number of piperidine rings is 1. The van der Waals surface area contributed by atoms with Gasteiger partial charge < -0.3 is 19.1 Å². The minimum absolute atomic E-state index is 0.0531. The number of carbonyl (C=O) groups is 4. The normalized spacial score (nSPS) is 30.4. The molecule has 5 fully saturated rings. The summed E-state index contributed by atoms with van der Waals surface area (Å²) in [7, 11) is -3.96. The summed E-state index contributed by atoms with van der Waals surface area (Å²) in [6, 6.07) is 6.90. The first-order valence-corrected chi connectivity index (χ1v) is 24.7. The smallest absolute Gasteiger partial charge is 0.306 e. The molecule has 4 heterocycles. The maximum atomic E-state index is 15.0. The molecule has 13 nitrogen and oxygen atoms in total. The highest BCUT2D eigenvalue weighted by atomic mass is 32.2. The van der Waals surface area contributed by atoms with Gasteiger partial charge in [0, 0.05) is 24.8 Å². The van der Waals surface area contributed by atoms with Gasteiger partial charge in [-0.2, -0.15) is 0 Å². The minimum atomic E-state index is -3.96. The number of hydrogen-bond donors (Lipinski definition) is 1. The van der Waals surface area contributed by atoms with E-state index in [1.54, 1.807) is 13.0 Å². The molecule has 62 heavy (non-hydrogen) atoms. The second-order valence-electron chi connectivity index (χ2n) is 20.5. The van der Waals surface area contributed by atoms with Crippen LogP contribution >= 0.6 is 0 Å². The number of rotatable bonds is 11. The van der Waals surface area contributed by atoms with Crippen molar-refractivity contribution < 1.29 is 41.8 Å². The number of Topliss-reactive ketones (excluding diaryl/α,β-unsaturated/α-hetero) is 1. The number of esters is 1. The zero-order valence-corrected chi connectivity index (χ0v) is 37.9. The lowest BCUT2D eigenvalue weighted by molar-refractivity contribution is -0.154. The fourth-order valence-electron chi connectivity index (χ4n) is 10.0. The minimum Gasteiger partial charge on any atom is -0.491 e. The summed E-state index contributed by atoms with van der Waals surface area (Å²) in [4.78, 5) is 66.2. The number of ketones is 1. The molecule has 2 bridgehead atoms. The van der Waals surface area contributed by atoms with Crippen molar-refractivity contribution in [2.24, 2.45) is 28.6 Å². The highest BCUT2D eigenvalue weighted by molar-refractivity contribution is 7.91. The zero-order valence-electron chi connectivity index (χ0n) is 37.1. The number of likely N-dealkylation sites (tertiary alicyclic amines) is 1. The van der Waals surface area contributed by atoms with E-state index in [1.165, 1.54) is 24.2 Å². The van der Waals surface area contributed by atoms with Crippen LogP contribution in [0.25, 0.3) is 10.9 Å². The lowest BCUT2D eigenvalue weighted by Crippen LogP contribution is -2.49. The number of aromatic nitrogens is 1. The highest BCUT2D eigenvalue weighted by Crippen LogP contribution is 2.57. The summed E-state index contributed by atoms with van der Waals surface area (Å²) < 4.78 is 47.3. The Morgan fingerprint density at radius 3 is 2.48 bits per heavy atom. The average molecular weight is 875 g/mol. The average Bonchev–Trinajstić information content (AvgIpc) is 4.19. The van der Waals surface area contributed by atoms with Crippen LogP contribution in [0.3, 0.4) is 0 Å². The van der Waals surface area contributed by atoms with Crippen molar-refractivity contribution in [3.63, 3.8) is 0 Å². The number of pyridine rings is 1. The Labute approximate surface area is 367 Å². The molecule has 0 unspecified atom stereocenters. The SMILES string of the molecule is C=C[C@@H]1C[C@]1(CC(=O)[C@@H]1C[C@@H]2CN1C(=O)[C@H](C(C)(C)C)CC(=O)O[C@@H]1C[C@H]1CCCCCc1c(nc3ccccc3c1OCCN1CCCCC1)O2)C(=O)NS(=O)(=O)C1(C)CC1. The van der Waals surface area contributed by atoms with Crippen LogP contribution in [0.15, 0.2) is 36.9 Å². The number of benzene rings is 1. The van der Waals surface area contributed by atoms with Gasteiger partial charge >= 0.3 is 5.97 Å². The molecule has 338 valence electrons. The lowest BCUT2D eigenvalue weighted by Gasteiger charge is -2.34. The molecule has 7 atom stereocenters. The Hall–Kier alpha value is -4.04. The van der Waals surface area contributed by atoms with Gasteiger partial charge in [-0.15, -0.1) is 6.58 Å². The summed E-state index contributed by atoms with van der Waals surface area (Å²) in [5.41, 5.74) is -0.384. The monoisotopic (exact) mass is 874 g/mol. The molecule has 2 aromatic rings. The molecule has 6 aliphatic rings. The summed E-state index contributed by atoms with van der Waals surface area (Å²) >= 11 is 0. The molecular formula is C48H66N4O9S. The molecular weight excluding hydrogens is 809 g/mol. The Kier molecular flexibility index (Phi) is 12.6. The van der Waals surface area contributed by atoms with Gasteiger partial charge in [0.2, 0.25) is 27.7 Å². The highest BCUT2D eigenvalue weighted by Gasteiger charge is 2.62. The lowest BCUT2D eigenvalue weighted by atomic mass is 9.77. The molecule has 8 rings (SSSR count). The van der Waals surface area contributed by atoms with Crippen molar-refractivity contribution in [1.82, 2.24) is 19.5 Å². The van der Waals surface area contributed by atoms with E-state index in [1.807, 2.05) is 45.0 Å². The van der Waals surface area contributed by atoms with E-state index in [0.717, 1.165) is 74.0 Å². The van der Waals surface area contributed by atoms with E-state index >= 15 is 0 Å². The zero-order chi connectivity index (χ0) is 44.0. The van der Waals surface area contributed by atoms with Crippen LogP contribution in [0.5, 0.6) is 11.6 Å². The number of fused-ring (bicyclic) bond motifs is 5. The van der Waals surface area contributed by atoms with Gasteiger partial charge in [-0.25, -0.2) is 13.4 Å². The van der Waals surface area contributed by atoms with Crippen molar-refractivity contribution in [2.45, 2.75) is 147 Å². The third-order valence-corrected chi connectivity index (χ3v) is 16.9. The fourth-order valence-corrected chi connectivity index (χ4v) is 11.4. The summed E-state index contributed by atoms with van der Waals surface area (Å²) in [5.74, 6) is -1.60. The van der Waals surface area contributed by atoms with Crippen LogP contribution < -0.4 is 14.2 Å². The number of hydrogen-bond acceptors (Lipinski definition) is 11. The Morgan fingerprint density at radius 2 is 1.77 bits per heavy atom. The number of para-hydroxylation sites is 1. The largest absolute Gasteiger partial charge is 0.491 e. The summed E-state index contributed by atoms with van der Waals surface area (Å²) in [5, 5.41) is 0.907. The number of allylic oxidation sites excluding steroid dienone is 1. The fraction of sp³-hybridized carbons (Fsp3) is 0.688. The number of nitrogens with zero attached hydrogens (tertiary/aromatic N) is 3. The number of carbonyl (C=O) groups excluding carboxylic acids is 4. The van der Waals surface area contributed by atoms with Gasteiger partial charge in [-0.3, -0.25) is 28.8 Å². The molecule has 3 aliphatic heterocycles. The van der Waals surface area contributed by atoms with Crippen molar-refractivity contribution in [3.05, 3.63) is 42.5 Å². The number of ether oxygens (including phenoxy) is 3. The van der Waals surface area contributed by atoms with E-state index in [2.05, 4.69) is 16.2 Å². The van der Waals surface area contributed by atoms with E-state index < -0.39 is 61.5 Å². The van der Waals surface area contributed by atoms with Crippen LogP contribution in [0.1, 0.15) is 123 Å². The standard InChI is InChI=1S/C48H66N4O9S/c1-6-32-28-48(32,45(56)50-62(57,58)47(5)19-20-47)29-39(53)38-26-33-30-52(38)44(55)36(46(2,3)4)27-41(54)61-40-25-31(40)15-9-7-10-17-35-42(59-24-23-51-21-13-8-14-22-51)34-16-11-12-18-37(34)49-43(35)60-33/h6,11-12,16,18,31-33,36,38,40H,1,7-10,13-15,17,19-30H2,2-5H3,(H,50,56)/t31-,32-,33-,36-,38+,40-,48-/m1/s1. The summed E-state index contributed by atoms with van der Waals surface area (Å²) in [6.07, 6.45) is 10.6. The molecule has 1 N–H and O–H groups in total. The van der Waals surface area contributed by atoms with Crippen LogP contribution in [0, 0.1) is 28.6 Å². The molecule has 3 saturated carbocycles. The first-order valence-electron chi connectivity index (χ1n) is 23.2. The van der Waals surface area contributed by atoms with Crippen molar-refractivity contribution in [1.29, 1.82) is 0 Å². The molecule has 1 aromatic carbocycles. The van der Waals surface area contributed by atoms with Gasteiger partial charge in [0.05, 0.1) is 46.2 Å². The maximum Gasteiger partial charge on any atom is 0.306 e. The van der Waals surface area contributed by atoms with E-state index in [0.29, 0.717) is 37.7 Å². The molecule has 2 amide bonds. The van der Waals surface area contributed by atoms with Gasteiger partial charge in [-0.1, -0.05) is 58.2 Å². The van der Waals surface area contributed by atoms with Crippen LogP contribution in [-0.2, 0) is 40.4 Å². The first-order chi connectivity index (χ1) is 29.5. The Balaban J connectivity index is 1.12. The molecule has 1 aromatic heterocycles. The van der Waals surface area contributed by atoms with Crippen molar-refractivity contribution in [3.8, 4) is 11.6 Å². The van der Waals surface area contributed by atoms with E-state index in [4.69, 9.17) is 19.2 Å². The van der Waals surface area contributed by atoms with Gasteiger partial charge in [0.25, 0.3) is 0 Å². The van der Waals surface area contributed by atoms with Crippen LogP contribution in [0.4, 0.5) is 0 Å². The molecule has 0 radical (unpaired) electrons. The first kappa shape index (κ1) is 44.6. The third kappa shape index (κ3) is 9.42. The second-order valence-corrected chi connectivity index (χ2v) is 22.6. The van der Waals surface area contributed by atoms with Crippen molar-refractivity contribution >= 4 is 44.5 Å². The molecule has 14 heteroatoms. The Bertz CT molecular complexity index is 2180. The van der Waals surface area contributed by atoms with Gasteiger partial charge in [0.1, 0.15) is 24.6 Å².